The van der Waals surface area contributed by atoms with Crippen molar-refractivity contribution in [1.82, 2.24) is 15.0 Å². The summed E-state index contributed by atoms with van der Waals surface area (Å²) in [4.78, 5) is 24.7. The Bertz CT molecular complexity index is 965. The zero-order valence-electron chi connectivity index (χ0n) is 14.2. The highest BCUT2D eigenvalue weighted by molar-refractivity contribution is 7.15. The normalized spacial score (nSPS) is 16.8. The molecule has 8 heteroatoms. The lowest BCUT2D eigenvalue weighted by Crippen LogP contribution is -2.12. The number of carbonyl (C=O) groups excluding carboxylic acids is 1. The number of anilines is 1. The van der Waals surface area contributed by atoms with Crippen LogP contribution in [0.15, 0.2) is 18.2 Å². The highest BCUT2D eigenvalue weighted by atomic mass is 32.1. The molecule has 0 spiro atoms. The maximum atomic E-state index is 12.7. The number of aryl methyl sites for hydroxylation is 1. The first-order chi connectivity index (χ1) is 12.5. The summed E-state index contributed by atoms with van der Waals surface area (Å²) in [7, 11) is 0. The van der Waals surface area contributed by atoms with Gasteiger partial charge in [0.1, 0.15) is 0 Å². The van der Waals surface area contributed by atoms with Crippen molar-refractivity contribution in [1.29, 1.82) is 0 Å². The van der Waals surface area contributed by atoms with Gasteiger partial charge in [-0.15, -0.1) is 11.3 Å². The number of halogens is 2. The van der Waals surface area contributed by atoms with Crippen LogP contribution in [0.5, 0.6) is 0 Å². The van der Waals surface area contributed by atoms with Gasteiger partial charge in [0.25, 0.3) is 12.3 Å². The van der Waals surface area contributed by atoms with E-state index in [4.69, 9.17) is 0 Å². The van der Waals surface area contributed by atoms with Gasteiger partial charge >= 0.3 is 0 Å². The first-order valence-electron chi connectivity index (χ1n) is 8.61. The van der Waals surface area contributed by atoms with Gasteiger partial charge < -0.3 is 4.98 Å². The number of benzene rings is 1. The minimum absolute atomic E-state index is 0.307. The molecule has 26 heavy (non-hydrogen) atoms. The fraction of sp³-hybridized carbons (Fsp3) is 0.389. The number of hydrogen-bond donors (Lipinski definition) is 2. The van der Waals surface area contributed by atoms with E-state index < -0.39 is 12.2 Å². The van der Waals surface area contributed by atoms with Crippen molar-refractivity contribution in [3.05, 3.63) is 40.2 Å². The van der Waals surface area contributed by atoms with Gasteiger partial charge in [-0.05, 0) is 43.4 Å². The first-order valence-corrected chi connectivity index (χ1v) is 9.43. The molecular formula is C18H18F2N4OS. The minimum Gasteiger partial charge on any atom is -0.337 e. The van der Waals surface area contributed by atoms with Crippen LogP contribution in [0.2, 0.25) is 0 Å². The zero-order valence-corrected chi connectivity index (χ0v) is 15.0. The molecule has 1 aliphatic carbocycles. The third kappa shape index (κ3) is 3.21. The highest BCUT2D eigenvalue weighted by Gasteiger charge is 2.22. The number of alkyl halides is 2. The smallest absolute Gasteiger partial charge is 0.295 e. The van der Waals surface area contributed by atoms with E-state index in [1.165, 1.54) is 22.3 Å². The Balaban J connectivity index is 1.53. The molecule has 136 valence electrons. The number of aromatic nitrogens is 3. The largest absolute Gasteiger partial charge is 0.337 e. The number of hydrogen-bond acceptors (Lipinski definition) is 4. The van der Waals surface area contributed by atoms with Crippen molar-refractivity contribution < 1.29 is 13.6 Å². The monoisotopic (exact) mass is 376 g/mol. The van der Waals surface area contributed by atoms with E-state index in [1.807, 2.05) is 0 Å². The molecule has 4 rings (SSSR count). The fourth-order valence-electron chi connectivity index (χ4n) is 3.29. The predicted molar refractivity (Wildman–Crippen MR) is 96.9 cm³/mol. The maximum Gasteiger partial charge on any atom is 0.295 e. The maximum absolute atomic E-state index is 12.7. The SMILES string of the molecule is CCC1CCc2nc(NC(=O)c3ccc4nc(C(F)F)[nH]c4c3)sc2C1. The third-order valence-electron chi connectivity index (χ3n) is 4.81. The molecular weight excluding hydrogens is 358 g/mol. The molecule has 0 radical (unpaired) electrons. The molecule has 1 aliphatic rings. The Morgan fingerprint density at radius 1 is 1.42 bits per heavy atom. The van der Waals surface area contributed by atoms with Crippen molar-refractivity contribution in [2.24, 2.45) is 5.92 Å². The second-order valence-corrected chi connectivity index (χ2v) is 7.60. The average Bonchev–Trinajstić information content (AvgIpc) is 3.23. The lowest BCUT2D eigenvalue weighted by atomic mass is 9.89. The van der Waals surface area contributed by atoms with E-state index >= 15 is 0 Å². The van der Waals surface area contributed by atoms with Crippen molar-refractivity contribution in [3.8, 4) is 0 Å². The summed E-state index contributed by atoms with van der Waals surface area (Å²) < 4.78 is 25.5. The summed E-state index contributed by atoms with van der Waals surface area (Å²) in [5.74, 6) is -0.00723. The van der Waals surface area contributed by atoms with Crippen LogP contribution in [0.4, 0.5) is 13.9 Å². The van der Waals surface area contributed by atoms with Gasteiger partial charge in [-0.25, -0.2) is 18.7 Å². The Morgan fingerprint density at radius 3 is 3.04 bits per heavy atom. The lowest BCUT2D eigenvalue weighted by molar-refractivity contribution is 0.102. The number of nitrogens with one attached hydrogen (secondary N) is 2. The van der Waals surface area contributed by atoms with Gasteiger partial charge in [0.2, 0.25) is 0 Å². The topological polar surface area (TPSA) is 70.7 Å². The predicted octanol–water partition coefficient (Wildman–Crippen LogP) is 4.72. The van der Waals surface area contributed by atoms with Gasteiger partial charge in [0.05, 0.1) is 16.7 Å². The van der Waals surface area contributed by atoms with Crippen molar-refractivity contribution in [3.63, 3.8) is 0 Å². The van der Waals surface area contributed by atoms with Gasteiger partial charge in [-0.3, -0.25) is 10.1 Å². The van der Waals surface area contributed by atoms with E-state index in [0.29, 0.717) is 27.6 Å². The van der Waals surface area contributed by atoms with E-state index in [2.05, 4.69) is 27.2 Å². The van der Waals surface area contributed by atoms with Crippen LogP contribution in [0, 0.1) is 5.92 Å². The summed E-state index contributed by atoms with van der Waals surface area (Å²) in [6.45, 7) is 2.20. The molecule has 2 aromatic heterocycles. The number of thiazole rings is 1. The Kier molecular flexibility index (Phi) is 4.44. The standard InChI is InChI=1S/C18H18F2N4OS/c1-2-9-3-5-12-14(7-9)26-18(23-12)24-17(25)10-4-6-11-13(8-10)22-16(21-11)15(19)20/h4,6,8-9,15H,2-3,5,7H2,1H3,(H,21,22)(H,23,24,25). The van der Waals surface area contributed by atoms with Gasteiger partial charge in [-0.2, -0.15) is 0 Å². The van der Waals surface area contributed by atoms with Crippen molar-refractivity contribution >= 4 is 33.4 Å². The van der Waals surface area contributed by atoms with E-state index in [0.717, 1.165) is 31.4 Å². The fourth-order valence-corrected chi connectivity index (χ4v) is 4.41. The molecule has 5 nitrogen and oxygen atoms in total. The highest BCUT2D eigenvalue weighted by Crippen LogP contribution is 2.33. The van der Waals surface area contributed by atoms with Crippen LogP contribution in [0.1, 0.15) is 52.9 Å². The summed E-state index contributed by atoms with van der Waals surface area (Å²) in [6, 6.07) is 4.67. The quantitative estimate of drug-likeness (QED) is 0.692. The summed E-state index contributed by atoms with van der Waals surface area (Å²) >= 11 is 1.53. The molecule has 0 saturated heterocycles. The van der Waals surface area contributed by atoms with E-state index in [-0.39, 0.29) is 5.91 Å². The number of aromatic amines is 1. The van der Waals surface area contributed by atoms with Crippen LogP contribution in [-0.4, -0.2) is 20.9 Å². The van der Waals surface area contributed by atoms with Crippen LogP contribution in [-0.2, 0) is 12.8 Å². The van der Waals surface area contributed by atoms with Gasteiger partial charge in [0.15, 0.2) is 11.0 Å². The van der Waals surface area contributed by atoms with Crippen molar-refractivity contribution in [2.75, 3.05) is 5.32 Å². The molecule has 1 amide bonds. The summed E-state index contributed by atoms with van der Waals surface area (Å²) in [5.41, 5.74) is 2.28. The minimum atomic E-state index is -2.67. The second kappa shape index (κ2) is 6.75. The molecule has 1 aromatic carbocycles. The van der Waals surface area contributed by atoms with E-state index in [9.17, 15) is 13.6 Å². The molecule has 0 fully saturated rings. The number of imidazole rings is 1. The number of carbonyl (C=O) groups is 1. The number of amides is 1. The summed E-state index contributed by atoms with van der Waals surface area (Å²) in [6.07, 6.45) is 1.60. The molecule has 0 saturated carbocycles. The van der Waals surface area contributed by atoms with E-state index in [1.54, 1.807) is 12.1 Å². The Hall–Kier alpha value is -2.35. The third-order valence-corrected chi connectivity index (χ3v) is 5.84. The van der Waals surface area contributed by atoms with Crippen LogP contribution >= 0.6 is 11.3 Å². The van der Waals surface area contributed by atoms with Crippen molar-refractivity contribution in [2.45, 2.75) is 39.0 Å². The Labute approximate surface area is 152 Å². The Morgan fingerprint density at radius 2 is 2.27 bits per heavy atom. The molecule has 2 heterocycles. The zero-order chi connectivity index (χ0) is 18.3. The average molecular weight is 376 g/mol. The van der Waals surface area contributed by atoms with Gasteiger partial charge in [-0.1, -0.05) is 13.3 Å². The van der Waals surface area contributed by atoms with Crippen LogP contribution in [0.3, 0.4) is 0 Å². The molecule has 3 aromatic rings. The van der Waals surface area contributed by atoms with Gasteiger partial charge in [0, 0.05) is 10.4 Å². The summed E-state index contributed by atoms with van der Waals surface area (Å²) in [5, 5.41) is 3.42. The van der Waals surface area contributed by atoms with Crippen LogP contribution in [0.25, 0.3) is 11.0 Å². The number of rotatable bonds is 4. The molecule has 0 bridgehead atoms. The molecule has 1 atom stereocenters. The van der Waals surface area contributed by atoms with Crippen LogP contribution < -0.4 is 5.32 Å². The number of fused-ring (bicyclic) bond motifs is 2. The molecule has 2 N–H and O–H groups in total. The molecule has 0 aliphatic heterocycles. The first kappa shape index (κ1) is 17.1. The number of nitrogens with zero attached hydrogens (tertiary/aromatic N) is 2. The lowest BCUT2D eigenvalue weighted by Gasteiger charge is -2.18. The number of H-pyrrole nitrogens is 1. The molecule has 1 unspecified atom stereocenters. The second-order valence-electron chi connectivity index (χ2n) is 6.51.